The van der Waals surface area contributed by atoms with Gasteiger partial charge in [-0.3, -0.25) is 0 Å². The smallest absolute Gasteiger partial charge is 0.335 e. The van der Waals surface area contributed by atoms with E-state index < -0.39 is 24.1 Å². The molecular formula is C16H19NO6. The summed E-state index contributed by atoms with van der Waals surface area (Å²) in [6.45, 7) is 2.02. The Hall–Kier alpha value is -2.48. The van der Waals surface area contributed by atoms with Gasteiger partial charge in [-0.15, -0.1) is 0 Å². The first-order valence-corrected chi connectivity index (χ1v) is 6.80. The third kappa shape index (κ3) is 5.03. The second kappa shape index (κ2) is 8.23. The van der Waals surface area contributed by atoms with E-state index in [2.05, 4.69) is 30.3 Å². The van der Waals surface area contributed by atoms with Gasteiger partial charge in [-0.2, -0.15) is 0 Å². The van der Waals surface area contributed by atoms with Gasteiger partial charge in [0.25, 0.3) is 0 Å². The molecule has 124 valence electrons. The molecule has 2 aromatic rings. The Morgan fingerprint density at radius 2 is 1.39 bits per heavy atom. The Balaban J connectivity index is 0.000000241. The van der Waals surface area contributed by atoms with Crippen molar-refractivity contribution in [1.82, 2.24) is 0 Å². The highest BCUT2D eigenvalue weighted by Gasteiger charge is 2.29. The Bertz CT molecular complexity index is 662. The van der Waals surface area contributed by atoms with Crippen molar-refractivity contribution < 1.29 is 30.0 Å². The van der Waals surface area contributed by atoms with Gasteiger partial charge in [0.1, 0.15) is 0 Å². The molecule has 2 unspecified atom stereocenters. The lowest BCUT2D eigenvalue weighted by Crippen LogP contribution is -2.39. The molecule has 0 fully saturated rings. The molecule has 0 spiro atoms. The number of aliphatic hydroxyl groups excluding tert-OH is 2. The zero-order valence-corrected chi connectivity index (χ0v) is 12.5. The topological polar surface area (TPSA) is 141 Å². The van der Waals surface area contributed by atoms with Gasteiger partial charge >= 0.3 is 11.9 Å². The number of carbonyl (C=O) groups is 2. The minimum Gasteiger partial charge on any atom is -0.479 e. The Labute approximate surface area is 132 Å². The number of rotatable bonds is 4. The molecule has 3 atom stereocenters. The van der Waals surface area contributed by atoms with Crippen LogP contribution in [0.2, 0.25) is 0 Å². The first kappa shape index (κ1) is 18.6. The molecule has 0 radical (unpaired) electrons. The Morgan fingerprint density at radius 3 is 1.87 bits per heavy atom. The van der Waals surface area contributed by atoms with Crippen LogP contribution in [-0.4, -0.2) is 44.6 Å². The van der Waals surface area contributed by atoms with Crippen LogP contribution in [0.15, 0.2) is 42.5 Å². The molecule has 0 saturated heterocycles. The van der Waals surface area contributed by atoms with Gasteiger partial charge in [-0.1, -0.05) is 42.5 Å². The first-order valence-electron chi connectivity index (χ1n) is 6.80. The third-order valence-electron chi connectivity index (χ3n) is 3.12. The number of fused-ring (bicyclic) bond motifs is 1. The molecular weight excluding hydrogens is 302 g/mol. The summed E-state index contributed by atoms with van der Waals surface area (Å²) in [6.07, 6.45) is -4.53. The highest BCUT2D eigenvalue weighted by molar-refractivity contribution is 5.86. The van der Waals surface area contributed by atoms with Gasteiger partial charge in [0, 0.05) is 6.04 Å². The summed E-state index contributed by atoms with van der Waals surface area (Å²) in [5, 5.41) is 35.1. The maximum atomic E-state index is 9.77. The SMILES string of the molecule is C[C@@H](N)c1cccc2ccccc12.O=C(O)C(O)C(O)C(=O)O. The van der Waals surface area contributed by atoms with E-state index in [1.165, 1.54) is 16.3 Å². The number of hydrogen-bond donors (Lipinski definition) is 5. The van der Waals surface area contributed by atoms with E-state index in [0.29, 0.717) is 0 Å². The van der Waals surface area contributed by atoms with Crippen LogP contribution in [0.3, 0.4) is 0 Å². The predicted molar refractivity (Wildman–Crippen MR) is 83.8 cm³/mol. The quantitative estimate of drug-likeness (QED) is 0.559. The number of carboxylic acid groups (broad SMARTS) is 2. The molecule has 23 heavy (non-hydrogen) atoms. The standard InChI is InChI=1S/C12H13N.C4H6O6/c1-9(13)11-8-4-6-10-5-2-3-7-12(10)11;5-1(3(7)8)2(6)4(9)10/h2-9H,13H2,1H3;1-2,5-6H,(H,7,8)(H,9,10)/t9-;/m1./s1. The van der Waals surface area contributed by atoms with Crippen molar-refractivity contribution >= 4 is 22.7 Å². The van der Waals surface area contributed by atoms with Gasteiger partial charge in [-0.05, 0) is 23.3 Å². The monoisotopic (exact) mass is 321 g/mol. The molecule has 2 aromatic carbocycles. The van der Waals surface area contributed by atoms with Crippen LogP contribution >= 0.6 is 0 Å². The van der Waals surface area contributed by atoms with E-state index in [0.717, 1.165) is 0 Å². The lowest BCUT2D eigenvalue weighted by molar-refractivity contribution is -0.165. The van der Waals surface area contributed by atoms with Gasteiger partial charge in [0.05, 0.1) is 0 Å². The van der Waals surface area contributed by atoms with Crippen molar-refractivity contribution in [2.75, 3.05) is 0 Å². The maximum Gasteiger partial charge on any atom is 0.335 e. The Kier molecular flexibility index (Phi) is 6.65. The molecule has 2 rings (SSSR count). The van der Waals surface area contributed by atoms with Crippen molar-refractivity contribution in [2.24, 2.45) is 5.73 Å². The van der Waals surface area contributed by atoms with Crippen molar-refractivity contribution in [3.63, 3.8) is 0 Å². The predicted octanol–water partition coefficient (Wildman–Crippen LogP) is 0.737. The number of aliphatic hydroxyl groups is 2. The summed E-state index contributed by atoms with van der Waals surface area (Å²) < 4.78 is 0. The van der Waals surface area contributed by atoms with Crippen molar-refractivity contribution in [3.8, 4) is 0 Å². The van der Waals surface area contributed by atoms with Crippen LogP contribution in [0.25, 0.3) is 10.8 Å². The molecule has 0 aliphatic carbocycles. The van der Waals surface area contributed by atoms with E-state index in [4.69, 9.17) is 26.2 Å². The summed E-state index contributed by atoms with van der Waals surface area (Å²) in [5.41, 5.74) is 7.10. The average Bonchev–Trinajstić information content (AvgIpc) is 2.53. The fraction of sp³-hybridized carbons (Fsp3) is 0.250. The molecule has 6 N–H and O–H groups in total. The minimum atomic E-state index is -2.27. The van der Waals surface area contributed by atoms with Crippen molar-refractivity contribution in [2.45, 2.75) is 25.2 Å². The van der Waals surface area contributed by atoms with Gasteiger partial charge in [0.15, 0.2) is 12.2 Å². The summed E-state index contributed by atoms with van der Waals surface area (Å²) in [5.74, 6) is -3.54. The number of benzene rings is 2. The minimum absolute atomic E-state index is 0.103. The van der Waals surface area contributed by atoms with Crippen LogP contribution in [0.1, 0.15) is 18.5 Å². The molecule has 0 aliphatic rings. The maximum absolute atomic E-state index is 9.77. The normalized spacial score (nSPS) is 14.3. The van der Waals surface area contributed by atoms with E-state index in [-0.39, 0.29) is 6.04 Å². The summed E-state index contributed by atoms with van der Waals surface area (Å²) in [6, 6.07) is 14.7. The second-order valence-electron chi connectivity index (χ2n) is 4.92. The zero-order chi connectivity index (χ0) is 17.6. The van der Waals surface area contributed by atoms with E-state index in [1.54, 1.807) is 0 Å². The molecule has 0 aromatic heterocycles. The van der Waals surface area contributed by atoms with Crippen molar-refractivity contribution in [3.05, 3.63) is 48.0 Å². The van der Waals surface area contributed by atoms with E-state index in [9.17, 15) is 9.59 Å². The lowest BCUT2D eigenvalue weighted by Gasteiger charge is -2.09. The number of nitrogens with two attached hydrogens (primary N) is 1. The first-order chi connectivity index (χ1) is 10.8. The highest BCUT2D eigenvalue weighted by atomic mass is 16.4. The molecule has 0 heterocycles. The van der Waals surface area contributed by atoms with Gasteiger partial charge < -0.3 is 26.2 Å². The van der Waals surface area contributed by atoms with Crippen LogP contribution in [0, 0.1) is 0 Å². The van der Waals surface area contributed by atoms with Gasteiger partial charge in [0.2, 0.25) is 0 Å². The lowest BCUT2D eigenvalue weighted by atomic mass is 10.0. The van der Waals surface area contributed by atoms with E-state index >= 15 is 0 Å². The zero-order valence-electron chi connectivity index (χ0n) is 12.5. The fourth-order valence-corrected chi connectivity index (χ4v) is 1.92. The molecule has 7 nitrogen and oxygen atoms in total. The summed E-state index contributed by atoms with van der Waals surface area (Å²) in [7, 11) is 0. The molecule has 0 amide bonds. The van der Waals surface area contributed by atoms with Crippen molar-refractivity contribution in [1.29, 1.82) is 0 Å². The second-order valence-corrected chi connectivity index (χ2v) is 4.92. The van der Waals surface area contributed by atoms with E-state index in [1.807, 2.05) is 19.1 Å². The summed E-state index contributed by atoms with van der Waals surface area (Å²) in [4.78, 5) is 19.5. The molecule has 7 heteroatoms. The van der Waals surface area contributed by atoms with Crippen LogP contribution in [-0.2, 0) is 9.59 Å². The third-order valence-corrected chi connectivity index (χ3v) is 3.12. The van der Waals surface area contributed by atoms with Crippen LogP contribution < -0.4 is 5.73 Å². The highest BCUT2D eigenvalue weighted by Crippen LogP contribution is 2.22. The average molecular weight is 321 g/mol. The number of aliphatic carboxylic acids is 2. The molecule has 0 bridgehead atoms. The van der Waals surface area contributed by atoms with Gasteiger partial charge in [-0.25, -0.2) is 9.59 Å². The van der Waals surface area contributed by atoms with Crippen LogP contribution in [0.4, 0.5) is 0 Å². The number of carboxylic acids is 2. The number of hydrogen-bond acceptors (Lipinski definition) is 5. The Morgan fingerprint density at radius 1 is 0.913 bits per heavy atom. The van der Waals surface area contributed by atoms with Crippen LogP contribution in [0.5, 0.6) is 0 Å². The largest absolute Gasteiger partial charge is 0.479 e. The molecule has 0 saturated carbocycles. The molecule has 0 aliphatic heterocycles. The fourth-order valence-electron chi connectivity index (χ4n) is 1.92. The summed E-state index contributed by atoms with van der Waals surface area (Å²) >= 11 is 0.